The van der Waals surface area contributed by atoms with Gasteiger partial charge in [-0.3, -0.25) is 19.2 Å². The van der Waals surface area contributed by atoms with Crippen molar-refractivity contribution in [2.45, 2.75) is 138 Å². The number of rotatable bonds is 14. The van der Waals surface area contributed by atoms with Crippen molar-refractivity contribution in [3.05, 3.63) is 0 Å². The van der Waals surface area contributed by atoms with Gasteiger partial charge in [0.2, 0.25) is 0 Å². The van der Waals surface area contributed by atoms with Crippen LogP contribution in [0.1, 0.15) is 113 Å². The van der Waals surface area contributed by atoms with Crippen molar-refractivity contribution in [3.8, 4) is 0 Å². The van der Waals surface area contributed by atoms with E-state index in [2.05, 4.69) is 18.6 Å². The number of ether oxygens (including phenoxy) is 3. The third-order valence-corrected chi connectivity index (χ3v) is 10.5. The molecule has 6 unspecified atom stereocenters. The summed E-state index contributed by atoms with van der Waals surface area (Å²) in [5, 5.41) is 0. The molecule has 2 aliphatic carbocycles. The number of carbonyl (C=O) groups excluding carboxylic acids is 4. The second-order valence-electron chi connectivity index (χ2n) is 14.3. The van der Waals surface area contributed by atoms with E-state index >= 15 is 0 Å². The Balaban J connectivity index is 0.000000392. The minimum absolute atomic E-state index is 0.0510. The van der Waals surface area contributed by atoms with Crippen molar-refractivity contribution < 1.29 is 59.7 Å². The van der Waals surface area contributed by atoms with Crippen LogP contribution in [-0.4, -0.2) is 54.9 Å². The SMILES string of the molecule is CCC(C)(C)C(=O)CC1C2CC3C1OC(=O)C3(C(=O)OC(C(F)(F)F)C(F)(F)F)C2.CCCCC(CC)COC(=O)C(C)(C)CC. The second kappa shape index (κ2) is 14.8. The maximum absolute atomic E-state index is 12.8. The van der Waals surface area contributed by atoms with Gasteiger partial charge in [0.15, 0.2) is 5.41 Å². The Hall–Kier alpha value is -2.34. The molecular formula is C33H50F6O7. The number of Topliss-reactive ketones (excluding diaryl/α,β-unsaturated/α-hetero) is 1. The van der Waals surface area contributed by atoms with Crippen LogP contribution in [0.15, 0.2) is 0 Å². The Labute approximate surface area is 267 Å². The van der Waals surface area contributed by atoms with E-state index in [4.69, 9.17) is 9.47 Å². The van der Waals surface area contributed by atoms with Gasteiger partial charge >= 0.3 is 30.3 Å². The molecule has 1 saturated heterocycles. The van der Waals surface area contributed by atoms with Crippen LogP contribution in [0.25, 0.3) is 0 Å². The fourth-order valence-corrected chi connectivity index (χ4v) is 6.37. The number of alkyl halides is 6. The Kier molecular flexibility index (Phi) is 12.8. The van der Waals surface area contributed by atoms with Gasteiger partial charge in [0, 0.05) is 23.7 Å². The lowest BCUT2D eigenvalue weighted by Crippen LogP contribution is -2.51. The summed E-state index contributed by atoms with van der Waals surface area (Å²) >= 11 is 0. The monoisotopic (exact) mass is 672 g/mol. The van der Waals surface area contributed by atoms with Crippen LogP contribution >= 0.6 is 0 Å². The first-order valence-corrected chi connectivity index (χ1v) is 16.3. The Morgan fingerprint density at radius 3 is 1.98 bits per heavy atom. The van der Waals surface area contributed by atoms with Gasteiger partial charge < -0.3 is 14.2 Å². The van der Waals surface area contributed by atoms with E-state index in [1.807, 2.05) is 27.7 Å². The van der Waals surface area contributed by atoms with Crippen molar-refractivity contribution >= 4 is 23.7 Å². The number of carbonyl (C=O) groups is 4. The smallest absolute Gasteiger partial charge is 0.434 e. The quantitative estimate of drug-likeness (QED) is 0.0795. The molecule has 0 amide bonds. The van der Waals surface area contributed by atoms with Gasteiger partial charge in [0.05, 0.1) is 12.0 Å². The highest BCUT2D eigenvalue weighted by molar-refractivity contribution is 6.03. The van der Waals surface area contributed by atoms with E-state index in [9.17, 15) is 45.5 Å². The molecule has 2 bridgehead atoms. The minimum Gasteiger partial charge on any atom is -0.465 e. The Bertz CT molecular complexity index is 1090. The van der Waals surface area contributed by atoms with Gasteiger partial charge in [-0.2, -0.15) is 26.3 Å². The molecule has 0 N–H and O–H groups in total. The molecule has 266 valence electrons. The van der Waals surface area contributed by atoms with Crippen LogP contribution in [0.2, 0.25) is 0 Å². The van der Waals surface area contributed by atoms with Gasteiger partial charge in [-0.05, 0) is 57.8 Å². The fourth-order valence-electron chi connectivity index (χ4n) is 6.37. The third kappa shape index (κ3) is 8.57. The number of ketones is 1. The lowest BCUT2D eigenvalue weighted by atomic mass is 9.68. The van der Waals surface area contributed by atoms with Gasteiger partial charge in [-0.15, -0.1) is 0 Å². The van der Waals surface area contributed by atoms with Crippen LogP contribution < -0.4 is 0 Å². The maximum Gasteiger partial charge on any atom is 0.434 e. The van der Waals surface area contributed by atoms with Crippen molar-refractivity contribution in [3.63, 3.8) is 0 Å². The number of fused-ring (bicyclic) bond motifs is 1. The summed E-state index contributed by atoms with van der Waals surface area (Å²) in [5.74, 6) is -4.33. The minimum atomic E-state index is -5.87. The number of halogens is 6. The standard InChI is InChI=1S/C19H22F6O5.C14H28O2/c1-4-16(2,3)11(26)6-9-8-5-10-12(9)29-14(27)17(10,7-8)15(28)30-13(18(20,21)22)19(23,24)25;1-6-9-10-12(7-2)11-16-13(15)14(4,5)8-3/h8-10,12-13H,4-7H2,1-3H3;12H,6-11H2,1-5H3. The predicted octanol–water partition coefficient (Wildman–Crippen LogP) is 8.17. The summed E-state index contributed by atoms with van der Waals surface area (Å²) in [4.78, 5) is 49.3. The first-order valence-electron chi connectivity index (χ1n) is 16.3. The molecule has 0 aromatic rings. The summed E-state index contributed by atoms with van der Waals surface area (Å²) in [6.07, 6.45) is -10.8. The van der Waals surface area contributed by atoms with Crippen LogP contribution in [0, 0.1) is 39.9 Å². The van der Waals surface area contributed by atoms with Crippen LogP contribution in [0.4, 0.5) is 26.3 Å². The number of hydrogen-bond acceptors (Lipinski definition) is 7. The number of unbranched alkanes of at least 4 members (excludes halogenated alkanes) is 1. The van der Waals surface area contributed by atoms with E-state index in [0.717, 1.165) is 12.8 Å². The average Bonchev–Trinajstić information content (AvgIpc) is 3.57. The van der Waals surface area contributed by atoms with Crippen molar-refractivity contribution in [1.82, 2.24) is 0 Å². The lowest BCUT2D eigenvalue weighted by molar-refractivity contribution is -0.315. The Morgan fingerprint density at radius 2 is 1.50 bits per heavy atom. The Morgan fingerprint density at radius 1 is 0.935 bits per heavy atom. The van der Waals surface area contributed by atoms with E-state index in [1.54, 1.807) is 13.8 Å². The van der Waals surface area contributed by atoms with E-state index in [-0.39, 0.29) is 36.4 Å². The van der Waals surface area contributed by atoms with Crippen molar-refractivity contribution in [1.29, 1.82) is 0 Å². The molecule has 0 aromatic carbocycles. The number of hydrogen-bond donors (Lipinski definition) is 0. The third-order valence-electron chi connectivity index (χ3n) is 10.5. The molecule has 2 saturated carbocycles. The molecule has 3 rings (SSSR count). The van der Waals surface area contributed by atoms with Gasteiger partial charge in [0.25, 0.3) is 6.10 Å². The van der Waals surface area contributed by atoms with Crippen molar-refractivity contribution in [2.24, 2.45) is 39.9 Å². The molecule has 6 atom stereocenters. The molecule has 1 aliphatic heterocycles. The highest BCUT2D eigenvalue weighted by Gasteiger charge is 2.75. The van der Waals surface area contributed by atoms with Gasteiger partial charge in [-0.1, -0.05) is 60.8 Å². The highest BCUT2D eigenvalue weighted by Crippen LogP contribution is 2.65. The first kappa shape index (κ1) is 39.8. The summed E-state index contributed by atoms with van der Waals surface area (Å²) in [6.45, 7) is 16.2. The van der Waals surface area contributed by atoms with Crippen LogP contribution in [0.3, 0.4) is 0 Å². The normalized spacial score (nSPS) is 26.4. The molecule has 3 aliphatic rings. The summed E-state index contributed by atoms with van der Waals surface area (Å²) in [6, 6.07) is 0. The molecule has 13 heteroatoms. The molecule has 0 spiro atoms. The molecule has 46 heavy (non-hydrogen) atoms. The van der Waals surface area contributed by atoms with E-state index < -0.39 is 65.1 Å². The average molecular weight is 673 g/mol. The molecular weight excluding hydrogens is 622 g/mol. The fraction of sp³-hybridized carbons (Fsp3) is 0.879. The molecule has 3 fully saturated rings. The molecule has 0 radical (unpaired) electrons. The molecule has 0 aromatic heterocycles. The van der Waals surface area contributed by atoms with E-state index in [0.29, 0.717) is 18.9 Å². The second-order valence-corrected chi connectivity index (χ2v) is 14.3. The van der Waals surface area contributed by atoms with Gasteiger partial charge in [-0.25, -0.2) is 0 Å². The topological polar surface area (TPSA) is 96.0 Å². The lowest BCUT2D eigenvalue weighted by Gasteiger charge is -2.33. The zero-order valence-corrected chi connectivity index (χ0v) is 28.2. The predicted molar refractivity (Wildman–Crippen MR) is 156 cm³/mol. The zero-order chi connectivity index (χ0) is 35.5. The number of esters is 3. The van der Waals surface area contributed by atoms with E-state index in [1.165, 1.54) is 19.3 Å². The molecule has 7 nitrogen and oxygen atoms in total. The summed E-state index contributed by atoms with van der Waals surface area (Å²) < 4.78 is 91.2. The summed E-state index contributed by atoms with van der Waals surface area (Å²) in [7, 11) is 0. The maximum atomic E-state index is 12.8. The van der Waals surface area contributed by atoms with Gasteiger partial charge in [0.1, 0.15) is 11.9 Å². The summed E-state index contributed by atoms with van der Waals surface area (Å²) in [5.41, 5.74) is -3.12. The first-order chi connectivity index (χ1) is 21.0. The van der Waals surface area contributed by atoms with Crippen LogP contribution in [-0.2, 0) is 33.4 Å². The highest BCUT2D eigenvalue weighted by atomic mass is 19.4. The van der Waals surface area contributed by atoms with Crippen molar-refractivity contribution in [2.75, 3.05) is 6.61 Å². The van der Waals surface area contributed by atoms with Crippen LogP contribution in [0.5, 0.6) is 0 Å². The zero-order valence-electron chi connectivity index (χ0n) is 28.2. The molecule has 1 heterocycles. The largest absolute Gasteiger partial charge is 0.465 e.